The summed E-state index contributed by atoms with van der Waals surface area (Å²) in [6, 6.07) is 0. The number of hydrogen-bond donors (Lipinski definition) is 2. The van der Waals surface area contributed by atoms with Gasteiger partial charge >= 0.3 is 0 Å². The van der Waals surface area contributed by atoms with Crippen LogP contribution >= 0.6 is 25.3 Å². The average Bonchev–Trinajstić information content (AvgIpc) is 1.38. The van der Waals surface area contributed by atoms with Gasteiger partial charge in [0.1, 0.15) is 0 Å². The zero-order valence-electron chi connectivity index (χ0n) is 3.05. The molecule has 0 spiro atoms. The van der Waals surface area contributed by atoms with Crippen LogP contribution in [0.25, 0.3) is 0 Å². The van der Waals surface area contributed by atoms with Crippen LogP contribution in [0.5, 0.6) is 0 Å². The molecule has 0 aromatic heterocycles. The molecule has 0 aliphatic heterocycles. The third-order valence-electron chi connectivity index (χ3n) is 0.298. The van der Waals surface area contributed by atoms with Crippen LogP contribution in [0.2, 0.25) is 0 Å². The predicted molar refractivity (Wildman–Crippen MR) is 31.7 cm³/mol. The van der Waals surface area contributed by atoms with E-state index < -0.39 is 0 Å². The van der Waals surface area contributed by atoms with E-state index in [0.717, 1.165) is 0 Å². The van der Waals surface area contributed by atoms with E-state index in [4.69, 9.17) is 0 Å². The van der Waals surface area contributed by atoms with E-state index in [9.17, 15) is 0 Å². The van der Waals surface area contributed by atoms with Crippen LogP contribution in [0.15, 0.2) is 0 Å². The topological polar surface area (TPSA) is 0 Å². The number of hydrogen-bond acceptors (Lipinski definition) is 2. The summed E-state index contributed by atoms with van der Waals surface area (Å²) in [5.74, 6) is 0. The molecule has 0 fully saturated rings. The number of thiol groups is 2. The van der Waals surface area contributed by atoms with E-state index in [-0.39, 0.29) is 4.58 Å². The Labute approximate surface area is 43.8 Å². The normalized spacial score (nSPS) is 9.60. The van der Waals surface area contributed by atoms with Crippen molar-refractivity contribution in [3.63, 3.8) is 0 Å². The van der Waals surface area contributed by atoms with Crippen molar-refractivity contribution in [3.05, 3.63) is 6.42 Å². The Kier molecular flexibility index (Phi) is 3.32. The van der Waals surface area contributed by atoms with Crippen molar-refractivity contribution in [2.24, 2.45) is 0 Å². The van der Waals surface area contributed by atoms with Crippen LogP contribution < -0.4 is 0 Å². The summed E-state index contributed by atoms with van der Waals surface area (Å²) in [5, 5.41) is 0. The van der Waals surface area contributed by atoms with Gasteiger partial charge in [-0.15, -0.1) is 0 Å². The second-order valence-electron chi connectivity index (χ2n) is 0.747. The van der Waals surface area contributed by atoms with Gasteiger partial charge in [-0.2, -0.15) is 25.3 Å². The van der Waals surface area contributed by atoms with Crippen molar-refractivity contribution in [1.82, 2.24) is 0 Å². The summed E-state index contributed by atoms with van der Waals surface area (Å²) in [7, 11) is 0. The smallest absolute Gasteiger partial charge is 0.0471 e. The fraction of sp³-hybridized carbons (Fsp3) is 0.667. The molecule has 0 amide bonds. The molecule has 0 aromatic rings. The Hall–Kier alpha value is 0.700. The van der Waals surface area contributed by atoms with Crippen molar-refractivity contribution < 1.29 is 0 Å². The van der Waals surface area contributed by atoms with Gasteiger partial charge in [0, 0.05) is 4.58 Å². The standard InChI is InChI=1S/C3H7S2/c1-2-3(4)5/h2-5H,1H3. The largest absolute Gasteiger partial charge is 0.165 e. The molecule has 1 radical (unpaired) electrons. The van der Waals surface area contributed by atoms with Gasteiger partial charge in [0.25, 0.3) is 0 Å². The van der Waals surface area contributed by atoms with E-state index in [1.165, 1.54) is 0 Å². The van der Waals surface area contributed by atoms with Crippen LogP contribution in [0.4, 0.5) is 0 Å². The van der Waals surface area contributed by atoms with E-state index in [1.54, 1.807) is 0 Å². The Morgan fingerprint density at radius 2 is 1.80 bits per heavy atom. The third-order valence-corrected chi connectivity index (χ3v) is 0.894. The molecule has 0 unspecified atom stereocenters. The third kappa shape index (κ3) is 4.70. The highest BCUT2D eigenvalue weighted by Crippen LogP contribution is 2.00. The van der Waals surface area contributed by atoms with E-state index >= 15 is 0 Å². The average molecular weight is 107 g/mol. The Bertz CT molecular complexity index is 18.9. The zero-order valence-corrected chi connectivity index (χ0v) is 4.84. The molecule has 0 rings (SSSR count). The summed E-state index contributed by atoms with van der Waals surface area (Å²) in [5.41, 5.74) is 0. The fourth-order valence-electron chi connectivity index (χ4n) is 0. The van der Waals surface area contributed by atoms with Gasteiger partial charge in [0.15, 0.2) is 0 Å². The fourth-order valence-corrected chi connectivity index (χ4v) is 0. The quantitative estimate of drug-likeness (QED) is 0.367. The molecule has 5 heavy (non-hydrogen) atoms. The number of rotatable bonds is 1. The molecule has 0 bridgehead atoms. The van der Waals surface area contributed by atoms with Crippen LogP contribution in [0, 0.1) is 6.42 Å². The summed E-state index contributed by atoms with van der Waals surface area (Å²) < 4.78 is 0.148. The van der Waals surface area contributed by atoms with Gasteiger partial charge in [-0.25, -0.2) is 0 Å². The minimum atomic E-state index is 0.148. The lowest BCUT2D eigenvalue weighted by atomic mass is 10.6. The van der Waals surface area contributed by atoms with Crippen molar-refractivity contribution >= 4 is 25.3 Å². The minimum Gasteiger partial charge on any atom is -0.165 e. The Balaban J connectivity index is 2.54. The van der Waals surface area contributed by atoms with Crippen molar-refractivity contribution in [2.75, 3.05) is 0 Å². The molecule has 2 heteroatoms. The maximum Gasteiger partial charge on any atom is 0.0471 e. The van der Waals surface area contributed by atoms with Gasteiger partial charge in [0.2, 0.25) is 0 Å². The predicted octanol–water partition coefficient (Wildman–Crippen LogP) is 1.40. The lowest BCUT2D eigenvalue weighted by Crippen LogP contribution is -1.78. The molecule has 0 saturated heterocycles. The lowest BCUT2D eigenvalue weighted by Gasteiger charge is -1.88. The van der Waals surface area contributed by atoms with E-state index in [2.05, 4.69) is 25.3 Å². The highest BCUT2D eigenvalue weighted by molar-refractivity contribution is 7.99. The van der Waals surface area contributed by atoms with Gasteiger partial charge in [-0.3, -0.25) is 0 Å². The highest BCUT2D eigenvalue weighted by Gasteiger charge is 1.82. The first-order chi connectivity index (χ1) is 2.27. The monoisotopic (exact) mass is 107 g/mol. The van der Waals surface area contributed by atoms with Crippen LogP contribution in [-0.2, 0) is 0 Å². The zero-order chi connectivity index (χ0) is 4.28. The summed E-state index contributed by atoms with van der Waals surface area (Å²) in [6.45, 7) is 1.92. The summed E-state index contributed by atoms with van der Waals surface area (Å²) >= 11 is 7.81. The van der Waals surface area contributed by atoms with Gasteiger partial charge in [0.05, 0.1) is 0 Å². The molecule has 0 N–H and O–H groups in total. The second-order valence-corrected chi connectivity index (χ2v) is 2.27. The first kappa shape index (κ1) is 5.70. The van der Waals surface area contributed by atoms with E-state index in [0.29, 0.717) is 0 Å². The first-order valence-corrected chi connectivity index (χ1v) is 2.46. The Morgan fingerprint density at radius 1 is 1.60 bits per heavy atom. The van der Waals surface area contributed by atoms with Gasteiger partial charge in [-0.1, -0.05) is 6.92 Å². The molecular formula is C3H7S2. The highest BCUT2D eigenvalue weighted by atomic mass is 32.2. The molecule has 0 aliphatic rings. The molecule has 0 nitrogen and oxygen atoms in total. The molecule has 31 valence electrons. The molecule has 0 aromatic carbocycles. The van der Waals surface area contributed by atoms with Crippen LogP contribution in [0.3, 0.4) is 0 Å². The summed E-state index contributed by atoms with van der Waals surface area (Å²) in [6.07, 6.45) is 1.90. The molecule has 0 atom stereocenters. The van der Waals surface area contributed by atoms with Crippen molar-refractivity contribution in [1.29, 1.82) is 0 Å². The molecular weight excluding hydrogens is 100 g/mol. The molecule has 0 heterocycles. The van der Waals surface area contributed by atoms with Crippen molar-refractivity contribution in [2.45, 2.75) is 11.5 Å². The van der Waals surface area contributed by atoms with Gasteiger partial charge in [-0.05, 0) is 6.42 Å². The SMILES string of the molecule is C[CH]C(S)S. The van der Waals surface area contributed by atoms with Crippen molar-refractivity contribution in [3.8, 4) is 0 Å². The second kappa shape index (κ2) is 2.91. The maximum absolute atomic E-state index is 3.91. The van der Waals surface area contributed by atoms with E-state index in [1.807, 2.05) is 13.3 Å². The first-order valence-electron chi connectivity index (χ1n) is 1.43. The minimum absolute atomic E-state index is 0.148. The van der Waals surface area contributed by atoms with Gasteiger partial charge < -0.3 is 0 Å². The lowest BCUT2D eigenvalue weighted by molar-refractivity contribution is 1.38. The van der Waals surface area contributed by atoms with Crippen LogP contribution in [-0.4, -0.2) is 4.58 Å². The Morgan fingerprint density at radius 3 is 1.80 bits per heavy atom. The summed E-state index contributed by atoms with van der Waals surface area (Å²) in [4.78, 5) is 0. The molecule has 0 aliphatic carbocycles. The van der Waals surface area contributed by atoms with Crippen LogP contribution in [0.1, 0.15) is 6.92 Å². The molecule has 0 saturated carbocycles. The maximum atomic E-state index is 3.91.